The largest absolute Gasteiger partial charge is 0.449 e. The number of hydrogen-bond acceptors (Lipinski definition) is 4. The van der Waals surface area contributed by atoms with Crippen LogP contribution in [-0.2, 0) is 24.1 Å². The number of amides is 1. The molecule has 0 aliphatic heterocycles. The van der Waals surface area contributed by atoms with Crippen LogP contribution in [0, 0.1) is 23.7 Å². The Morgan fingerprint density at radius 2 is 2.09 bits per heavy atom. The Labute approximate surface area is 138 Å². The number of aryl methyl sites for hydroxylation is 1. The molecular formula is C17H28N4O2. The predicted molar refractivity (Wildman–Crippen MR) is 87.0 cm³/mol. The van der Waals surface area contributed by atoms with E-state index in [1.165, 1.54) is 11.4 Å². The molecule has 0 spiro atoms. The van der Waals surface area contributed by atoms with Crippen molar-refractivity contribution in [1.29, 1.82) is 0 Å². The minimum absolute atomic E-state index is 0.288. The highest BCUT2D eigenvalue weighted by Crippen LogP contribution is 2.52. The fourth-order valence-corrected chi connectivity index (χ4v) is 3.93. The Morgan fingerprint density at radius 3 is 2.78 bits per heavy atom. The molecule has 1 saturated carbocycles. The van der Waals surface area contributed by atoms with Gasteiger partial charge in [-0.25, -0.2) is 9.48 Å². The molecule has 2 aliphatic rings. The molecule has 0 saturated heterocycles. The zero-order chi connectivity index (χ0) is 16.4. The maximum Gasteiger partial charge on any atom is 0.407 e. The fraction of sp³-hybridized carbons (Fsp3) is 0.824. The average molecular weight is 320 g/mol. The monoisotopic (exact) mass is 320 g/mol. The Kier molecular flexibility index (Phi) is 4.87. The quantitative estimate of drug-likeness (QED) is 0.904. The molecule has 1 heterocycles. The second-order valence-corrected chi connectivity index (χ2v) is 7.26. The van der Waals surface area contributed by atoms with Gasteiger partial charge in [0.1, 0.15) is 0 Å². The van der Waals surface area contributed by atoms with Crippen molar-refractivity contribution in [3.8, 4) is 0 Å². The molecule has 2 aliphatic carbocycles. The smallest absolute Gasteiger partial charge is 0.407 e. The maximum atomic E-state index is 11.4. The van der Waals surface area contributed by atoms with Crippen molar-refractivity contribution >= 4 is 6.09 Å². The van der Waals surface area contributed by atoms with Crippen molar-refractivity contribution in [3.63, 3.8) is 0 Å². The molecule has 6 heteroatoms. The van der Waals surface area contributed by atoms with Crippen molar-refractivity contribution in [2.24, 2.45) is 23.7 Å². The third kappa shape index (κ3) is 3.67. The summed E-state index contributed by atoms with van der Waals surface area (Å²) in [6.45, 7) is 8.44. The SMILES string of the molecule is CCNC(=O)OC[C@@H]1[C@@H]2CCc3nnn(CC(C)C)c3CC[C@@H]21. The highest BCUT2D eigenvalue weighted by molar-refractivity contribution is 5.67. The van der Waals surface area contributed by atoms with Gasteiger partial charge in [0, 0.05) is 13.1 Å². The topological polar surface area (TPSA) is 69.0 Å². The van der Waals surface area contributed by atoms with E-state index < -0.39 is 0 Å². The van der Waals surface area contributed by atoms with Crippen molar-refractivity contribution in [1.82, 2.24) is 20.3 Å². The van der Waals surface area contributed by atoms with Gasteiger partial charge in [-0.15, -0.1) is 5.10 Å². The lowest BCUT2D eigenvalue weighted by Crippen LogP contribution is -2.24. The van der Waals surface area contributed by atoms with Gasteiger partial charge in [-0.3, -0.25) is 0 Å². The van der Waals surface area contributed by atoms with Gasteiger partial charge in [0.25, 0.3) is 0 Å². The standard InChI is InChI=1S/C17H28N4O2/c1-4-18-17(22)23-10-14-12-5-7-15-16(8-6-13(12)14)21(20-19-15)9-11(2)3/h11-14H,4-10H2,1-3H3,(H,18,22)/t12-,13+,14-/m1/s1. The third-order valence-corrected chi connectivity index (χ3v) is 5.12. The third-order valence-electron chi connectivity index (χ3n) is 5.12. The van der Waals surface area contributed by atoms with Crippen LogP contribution in [0.1, 0.15) is 45.0 Å². The molecule has 0 bridgehead atoms. The van der Waals surface area contributed by atoms with Crippen LogP contribution in [0.2, 0.25) is 0 Å². The summed E-state index contributed by atoms with van der Waals surface area (Å²) in [7, 11) is 0. The van der Waals surface area contributed by atoms with E-state index in [1.807, 2.05) is 6.92 Å². The lowest BCUT2D eigenvalue weighted by atomic mass is 10.0. The Bertz CT molecular complexity index is 555. The van der Waals surface area contributed by atoms with Crippen molar-refractivity contribution in [2.45, 2.75) is 53.0 Å². The summed E-state index contributed by atoms with van der Waals surface area (Å²) in [6, 6.07) is 0. The van der Waals surface area contributed by atoms with Gasteiger partial charge in [-0.1, -0.05) is 19.1 Å². The molecule has 1 amide bonds. The van der Waals surface area contributed by atoms with Gasteiger partial charge in [-0.05, 0) is 56.3 Å². The van der Waals surface area contributed by atoms with Crippen LogP contribution in [0.3, 0.4) is 0 Å². The summed E-state index contributed by atoms with van der Waals surface area (Å²) < 4.78 is 7.43. The van der Waals surface area contributed by atoms with Gasteiger partial charge in [-0.2, -0.15) is 0 Å². The van der Waals surface area contributed by atoms with Crippen LogP contribution in [0.4, 0.5) is 4.79 Å². The van der Waals surface area contributed by atoms with Crippen LogP contribution >= 0.6 is 0 Å². The molecule has 1 aromatic heterocycles. The Morgan fingerprint density at radius 1 is 1.35 bits per heavy atom. The summed E-state index contributed by atoms with van der Waals surface area (Å²) >= 11 is 0. The first-order chi connectivity index (χ1) is 11.1. The van der Waals surface area contributed by atoms with E-state index in [4.69, 9.17) is 4.74 Å². The van der Waals surface area contributed by atoms with Crippen molar-refractivity contribution in [2.75, 3.05) is 13.2 Å². The molecule has 23 heavy (non-hydrogen) atoms. The first kappa shape index (κ1) is 16.3. The lowest BCUT2D eigenvalue weighted by molar-refractivity contribution is 0.138. The Hall–Kier alpha value is -1.59. The van der Waals surface area contributed by atoms with Gasteiger partial charge in [0.15, 0.2) is 0 Å². The van der Waals surface area contributed by atoms with E-state index in [1.54, 1.807) is 0 Å². The maximum absolute atomic E-state index is 11.4. The first-order valence-corrected chi connectivity index (χ1v) is 8.92. The second-order valence-electron chi connectivity index (χ2n) is 7.26. The predicted octanol–water partition coefficient (Wildman–Crippen LogP) is 2.42. The highest BCUT2D eigenvalue weighted by atomic mass is 16.5. The molecule has 3 rings (SSSR count). The summed E-state index contributed by atoms with van der Waals surface area (Å²) in [5, 5.41) is 11.4. The first-order valence-electron chi connectivity index (χ1n) is 8.92. The zero-order valence-corrected chi connectivity index (χ0v) is 14.4. The number of nitrogens with zero attached hydrogens (tertiary/aromatic N) is 3. The van der Waals surface area contributed by atoms with Gasteiger partial charge >= 0.3 is 6.09 Å². The summed E-state index contributed by atoms with van der Waals surface area (Å²) in [5.74, 6) is 2.50. The normalized spacial score (nSPS) is 26.0. The van der Waals surface area contributed by atoms with E-state index in [-0.39, 0.29) is 6.09 Å². The highest BCUT2D eigenvalue weighted by Gasteiger charge is 2.50. The summed E-state index contributed by atoms with van der Waals surface area (Å²) in [6.07, 6.45) is 4.07. The van der Waals surface area contributed by atoms with Crippen LogP contribution in [0.25, 0.3) is 0 Å². The number of aromatic nitrogens is 3. The molecular weight excluding hydrogens is 292 g/mol. The minimum atomic E-state index is -0.288. The summed E-state index contributed by atoms with van der Waals surface area (Å²) in [5.41, 5.74) is 2.51. The van der Waals surface area contributed by atoms with Crippen molar-refractivity contribution < 1.29 is 9.53 Å². The molecule has 1 fully saturated rings. The molecule has 1 aromatic rings. The molecule has 6 nitrogen and oxygen atoms in total. The zero-order valence-electron chi connectivity index (χ0n) is 14.4. The van der Waals surface area contributed by atoms with Crippen LogP contribution < -0.4 is 5.32 Å². The average Bonchev–Trinajstić information content (AvgIpc) is 3.00. The number of hydrogen-bond donors (Lipinski definition) is 1. The molecule has 3 atom stereocenters. The van der Waals surface area contributed by atoms with Crippen LogP contribution in [0.5, 0.6) is 0 Å². The minimum Gasteiger partial charge on any atom is -0.449 e. The van der Waals surface area contributed by atoms with E-state index in [0.717, 1.165) is 32.2 Å². The van der Waals surface area contributed by atoms with Gasteiger partial charge < -0.3 is 10.1 Å². The van der Waals surface area contributed by atoms with Gasteiger partial charge in [0.2, 0.25) is 0 Å². The number of carbonyl (C=O) groups excluding carboxylic acids is 1. The van der Waals surface area contributed by atoms with E-state index in [2.05, 4.69) is 34.2 Å². The molecule has 0 radical (unpaired) electrons. The van der Waals surface area contributed by atoms with Crippen LogP contribution in [0.15, 0.2) is 0 Å². The number of alkyl carbamates (subject to hydrolysis) is 1. The summed E-state index contributed by atoms with van der Waals surface area (Å²) in [4.78, 5) is 11.4. The van der Waals surface area contributed by atoms with Gasteiger partial charge in [0.05, 0.1) is 18.0 Å². The molecule has 1 N–H and O–H groups in total. The number of rotatable bonds is 5. The number of nitrogens with one attached hydrogen (secondary N) is 1. The van der Waals surface area contributed by atoms with Crippen LogP contribution in [-0.4, -0.2) is 34.2 Å². The van der Waals surface area contributed by atoms with E-state index >= 15 is 0 Å². The number of fused-ring (bicyclic) bond motifs is 2. The lowest BCUT2D eigenvalue weighted by Gasteiger charge is -2.12. The van der Waals surface area contributed by atoms with Crippen molar-refractivity contribution in [3.05, 3.63) is 11.4 Å². The van der Waals surface area contributed by atoms with E-state index in [0.29, 0.717) is 36.8 Å². The second kappa shape index (κ2) is 6.89. The number of carbonyl (C=O) groups is 1. The van der Waals surface area contributed by atoms with E-state index in [9.17, 15) is 4.79 Å². The molecule has 0 unspecified atom stereocenters. The molecule has 128 valence electrons. The molecule has 0 aromatic carbocycles. The Balaban J connectivity index is 1.56. The number of ether oxygens (including phenoxy) is 1. The fourth-order valence-electron chi connectivity index (χ4n) is 3.93.